The number of aliphatic hydroxyl groups excluding tert-OH is 1. The maximum atomic E-state index is 14.1. The maximum Gasteiger partial charge on any atom is 0.322 e. The van der Waals surface area contributed by atoms with E-state index in [0.29, 0.717) is 61.5 Å². The summed E-state index contributed by atoms with van der Waals surface area (Å²) in [5.41, 5.74) is 9.71. The van der Waals surface area contributed by atoms with E-state index in [4.69, 9.17) is 23.8 Å². The number of aliphatic hydroxyl groups is 1. The molecule has 1 unspecified atom stereocenters. The number of nitrogens with zero attached hydrogens (tertiary/aromatic N) is 5. The number of likely N-dealkylation sites (N-methyl/N-ethyl adjacent to an activating group) is 1. The first-order valence-electron chi connectivity index (χ1n) is 17.3. The Balaban J connectivity index is 1.09. The molecule has 0 bridgehead atoms. The number of carbonyl (C=O) groups excluding carboxylic acids is 2. The highest BCUT2D eigenvalue weighted by Gasteiger charge is 2.35. The summed E-state index contributed by atoms with van der Waals surface area (Å²) < 4.78 is 0. The van der Waals surface area contributed by atoms with E-state index in [1.54, 1.807) is 12.1 Å². The van der Waals surface area contributed by atoms with Crippen LogP contribution in [0.1, 0.15) is 42.4 Å². The normalized spacial score (nSPS) is 22.0. The molecule has 0 aromatic heterocycles. The number of nitrogens with two attached hydrogens (primary N) is 1. The van der Waals surface area contributed by atoms with E-state index in [-0.39, 0.29) is 18.0 Å². The van der Waals surface area contributed by atoms with Crippen LogP contribution in [-0.2, 0) is 17.6 Å². The molecule has 0 spiro atoms. The molecule has 3 fully saturated rings. The Morgan fingerprint density at radius 1 is 1.04 bits per heavy atom. The molecule has 0 radical (unpaired) electrons. The van der Waals surface area contributed by atoms with Crippen LogP contribution in [0.15, 0.2) is 36.4 Å². The minimum atomic E-state index is -1.04. The van der Waals surface area contributed by atoms with Gasteiger partial charge in [0, 0.05) is 82.2 Å². The van der Waals surface area contributed by atoms with Gasteiger partial charge < -0.3 is 30.9 Å². The molecule has 0 saturated carbocycles. The van der Waals surface area contributed by atoms with E-state index in [9.17, 15) is 14.7 Å². The Kier molecular flexibility index (Phi) is 11.1. The number of hydrogen-bond donors (Lipinski definition) is 4. The second-order valence-corrected chi connectivity index (χ2v) is 14.1. The summed E-state index contributed by atoms with van der Waals surface area (Å²) in [6, 6.07) is 11.3. The van der Waals surface area contributed by atoms with Gasteiger partial charge in [-0.1, -0.05) is 35.7 Å². The van der Waals surface area contributed by atoms with Crippen LogP contribution >= 0.6 is 11.6 Å². The van der Waals surface area contributed by atoms with Gasteiger partial charge in [0.05, 0.1) is 16.8 Å². The van der Waals surface area contributed by atoms with Crippen molar-refractivity contribution in [2.45, 2.75) is 63.0 Å². The van der Waals surface area contributed by atoms with Gasteiger partial charge in [-0.3, -0.25) is 19.9 Å². The summed E-state index contributed by atoms with van der Waals surface area (Å²) >= 11 is 6.43. The third-order valence-corrected chi connectivity index (χ3v) is 11.0. The van der Waals surface area contributed by atoms with Crippen LogP contribution in [0, 0.1) is 12.3 Å². The fraction of sp³-hybridized carbons (Fsp3) is 0.556. The fourth-order valence-electron chi connectivity index (χ4n) is 7.69. The third-order valence-electron chi connectivity index (χ3n) is 10.7. The number of anilines is 2. The number of urea groups is 1. The molecule has 4 aliphatic heterocycles. The molecular formula is C36H49ClN8O3. The number of fused-ring (bicyclic) bond motifs is 1. The molecular weight excluding hydrogens is 628 g/mol. The second-order valence-electron chi connectivity index (χ2n) is 13.7. The Morgan fingerprint density at radius 2 is 1.73 bits per heavy atom. The molecule has 0 aliphatic carbocycles. The van der Waals surface area contributed by atoms with Gasteiger partial charge in [-0.05, 0) is 74.9 Å². The van der Waals surface area contributed by atoms with Crippen LogP contribution in [0.4, 0.5) is 16.2 Å². The van der Waals surface area contributed by atoms with E-state index in [1.165, 1.54) is 0 Å². The molecule has 11 nitrogen and oxygen atoms in total. The lowest BCUT2D eigenvalue weighted by atomic mass is 9.98. The van der Waals surface area contributed by atoms with E-state index < -0.39 is 12.4 Å². The standard InChI is InChI=1S/C36H49ClN8O3/c1-3-26-22-25(23-30(37)33(26)38)24-32(34(46)43-13-9-28(10-14-43)42-20-18-41(2)19-21-42)40-35(47)44-15-11-29(12-16-44)45-17-8-27-6-4-5-7-31(27)39-36(45)48/h1,4-7,22-23,28-29,32,35,40,47H,8-21,24,38H2,2H3,(H,39,48)/t32-,35?/m1/s1. The summed E-state index contributed by atoms with van der Waals surface area (Å²) in [7, 11) is 2.16. The molecule has 48 heavy (non-hydrogen) atoms. The number of hydrogen-bond acceptors (Lipinski definition) is 8. The summed E-state index contributed by atoms with van der Waals surface area (Å²) in [5.74, 6) is 2.55. The van der Waals surface area contributed by atoms with Crippen LogP contribution in [0.5, 0.6) is 0 Å². The number of piperazine rings is 1. The monoisotopic (exact) mass is 676 g/mol. The molecule has 258 valence electrons. The average molecular weight is 677 g/mol. The molecule has 5 N–H and O–H groups in total. The fourth-order valence-corrected chi connectivity index (χ4v) is 7.93. The van der Waals surface area contributed by atoms with Gasteiger partial charge in [-0.25, -0.2) is 4.79 Å². The van der Waals surface area contributed by atoms with Crippen LogP contribution in [0.3, 0.4) is 0 Å². The van der Waals surface area contributed by atoms with Crippen molar-refractivity contribution in [2.24, 2.45) is 0 Å². The number of terminal acetylenes is 1. The zero-order valence-corrected chi connectivity index (χ0v) is 28.7. The van der Waals surface area contributed by atoms with Crippen molar-refractivity contribution in [3.05, 3.63) is 58.1 Å². The number of amides is 3. The lowest BCUT2D eigenvalue weighted by Gasteiger charge is -2.43. The lowest BCUT2D eigenvalue weighted by Crippen LogP contribution is -2.60. The summed E-state index contributed by atoms with van der Waals surface area (Å²) in [4.78, 5) is 38.0. The number of nitrogens with one attached hydrogen (secondary N) is 2. The highest BCUT2D eigenvalue weighted by atomic mass is 35.5. The van der Waals surface area contributed by atoms with Gasteiger partial charge in [0.2, 0.25) is 5.91 Å². The molecule has 3 saturated heterocycles. The van der Waals surface area contributed by atoms with Gasteiger partial charge in [-0.2, -0.15) is 0 Å². The van der Waals surface area contributed by atoms with Gasteiger partial charge in [-0.15, -0.1) is 6.42 Å². The van der Waals surface area contributed by atoms with E-state index >= 15 is 0 Å². The zero-order chi connectivity index (χ0) is 33.8. The molecule has 4 aliphatic rings. The van der Waals surface area contributed by atoms with Crippen molar-refractivity contribution in [2.75, 3.05) is 77.0 Å². The number of piperidine rings is 2. The highest BCUT2D eigenvalue weighted by Crippen LogP contribution is 2.27. The number of likely N-dealkylation sites (tertiary alicyclic amines) is 2. The summed E-state index contributed by atoms with van der Waals surface area (Å²) in [6.45, 7) is 7.45. The van der Waals surface area contributed by atoms with Crippen molar-refractivity contribution in [1.29, 1.82) is 0 Å². The first kappa shape index (κ1) is 34.5. The van der Waals surface area contributed by atoms with Crippen molar-refractivity contribution in [3.8, 4) is 12.3 Å². The Bertz CT molecular complexity index is 1490. The predicted molar refractivity (Wildman–Crippen MR) is 190 cm³/mol. The third kappa shape index (κ3) is 7.91. The molecule has 6 rings (SSSR count). The molecule has 4 heterocycles. The quantitative estimate of drug-likeness (QED) is 0.191. The number of benzene rings is 2. The van der Waals surface area contributed by atoms with Crippen molar-refractivity contribution in [3.63, 3.8) is 0 Å². The topological polar surface area (TPSA) is 121 Å². The number of para-hydroxylation sites is 1. The van der Waals surface area contributed by atoms with Gasteiger partial charge >= 0.3 is 6.03 Å². The Labute approximate surface area is 289 Å². The van der Waals surface area contributed by atoms with Crippen LogP contribution in [0.2, 0.25) is 5.02 Å². The molecule has 3 amide bonds. The summed E-state index contributed by atoms with van der Waals surface area (Å²) in [5, 5.41) is 18.2. The smallest absolute Gasteiger partial charge is 0.322 e. The Morgan fingerprint density at radius 3 is 2.44 bits per heavy atom. The van der Waals surface area contributed by atoms with Crippen molar-refractivity contribution in [1.82, 2.24) is 29.8 Å². The highest BCUT2D eigenvalue weighted by molar-refractivity contribution is 6.33. The largest absolute Gasteiger partial charge is 0.397 e. The van der Waals surface area contributed by atoms with Crippen LogP contribution in [-0.4, -0.2) is 132 Å². The van der Waals surface area contributed by atoms with E-state index in [0.717, 1.165) is 75.1 Å². The number of nitrogen functional groups attached to an aromatic ring is 1. The van der Waals surface area contributed by atoms with E-state index in [1.807, 2.05) is 32.9 Å². The zero-order valence-electron chi connectivity index (χ0n) is 27.9. The van der Waals surface area contributed by atoms with Crippen molar-refractivity contribution < 1.29 is 14.7 Å². The Hall–Kier alpha value is -3.37. The molecule has 2 aromatic rings. The van der Waals surface area contributed by atoms with Gasteiger partial charge in [0.25, 0.3) is 0 Å². The molecule has 2 aromatic carbocycles. The second kappa shape index (κ2) is 15.5. The number of carbonyl (C=O) groups is 2. The SMILES string of the molecule is C#Cc1cc(C[C@@H](NC(O)N2CCC(N3CCc4ccccc4NC3=O)CC2)C(=O)N2CCC(N3CCN(C)CC3)CC2)cc(Cl)c1N. The first-order chi connectivity index (χ1) is 23.2. The average Bonchev–Trinajstić information content (AvgIpc) is 3.27. The van der Waals surface area contributed by atoms with Crippen LogP contribution < -0.4 is 16.4 Å². The maximum absolute atomic E-state index is 14.1. The number of rotatable bonds is 8. The van der Waals surface area contributed by atoms with Gasteiger partial charge in [0.1, 0.15) is 0 Å². The molecule has 12 heteroatoms. The predicted octanol–water partition coefficient (Wildman–Crippen LogP) is 2.47. The van der Waals surface area contributed by atoms with Crippen molar-refractivity contribution >= 4 is 34.9 Å². The summed E-state index contributed by atoms with van der Waals surface area (Å²) in [6.07, 6.45) is 9.07. The minimum Gasteiger partial charge on any atom is -0.397 e. The number of halogens is 1. The van der Waals surface area contributed by atoms with E-state index in [2.05, 4.69) is 39.5 Å². The first-order valence-corrected chi connectivity index (χ1v) is 17.7. The minimum absolute atomic E-state index is 0.0447. The van der Waals surface area contributed by atoms with Crippen LogP contribution in [0.25, 0.3) is 0 Å². The van der Waals surface area contributed by atoms with Gasteiger partial charge in [0.15, 0.2) is 6.35 Å². The molecule has 2 atom stereocenters. The lowest BCUT2D eigenvalue weighted by molar-refractivity contribution is -0.138.